The lowest BCUT2D eigenvalue weighted by atomic mass is 9.95. The largest absolute Gasteiger partial charge is 0.462 e. The van der Waals surface area contributed by atoms with Gasteiger partial charge in [-0.1, -0.05) is 26.7 Å². The molecular formula is C13H23NO2. The van der Waals surface area contributed by atoms with Gasteiger partial charge in [-0.15, -0.1) is 0 Å². The summed E-state index contributed by atoms with van der Waals surface area (Å²) in [6, 6.07) is 4.23. The van der Waals surface area contributed by atoms with Crippen molar-refractivity contribution in [1.29, 1.82) is 0 Å². The van der Waals surface area contributed by atoms with Crippen LogP contribution in [0.2, 0.25) is 0 Å². The molecular weight excluding hydrogens is 202 g/mol. The average Bonchev–Trinajstić information content (AvgIpc) is 2.76. The van der Waals surface area contributed by atoms with Gasteiger partial charge in [0, 0.05) is 6.04 Å². The number of aliphatic hydroxyl groups is 1. The molecule has 1 atom stereocenters. The Morgan fingerprint density at radius 2 is 1.88 bits per heavy atom. The number of rotatable bonds is 7. The molecule has 0 aliphatic carbocycles. The molecule has 1 aromatic rings. The molecule has 0 aromatic carbocycles. The quantitative estimate of drug-likeness (QED) is 0.750. The number of hydrogen-bond acceptors (Lipinski definition) is 3. The SMILES string of the molecule is CCC(CC)C(C)NCc1ccc(CO)o1. The lowest BCUT2D eigenvalue weighted by Gasteiger charge is -2.21. The third-order valence-corrected chi connectivity index (χ3v) is 3.23. The van der Waals surface area contributed by atoms with E-state index < -0.39 is 0 Å². The Kier molecular flexibility index (Phi) is 5.56. The van der Waals surface area contributed by atoms with Gasteiger partial charge in [-0.3, -0.25) is 0 Å². The lowest BCUT2D eigenvalue weighted by Crippen LogP contribution is -2.32. The maximum atomic E-state index is 8.88. The average molecular weight is 225 g/mol. The van der Waals surface area contributed by atoms with Crippen LogP contribution in [0.4, 0.5) is 0 Å². The fourth-order valence-corrected chi connectivity index (χ4v) is 2.03. The molecule has 2 N–H and O–H groups in total. The van der Waals surface area contributed by atoms with Crippen LogP contribution in [-0.2, 0) is 13.2 Å². The third-order valence-electron chi connectivity index (χ3n) is 3.23. The lowest BCUT2D eigenvalue weighted by molar-refractivity contribution is 0.241. The van der Waals surface area contributed by atoms with Gasteiger partial charge in [0.05, 0.1) is 6.54 Å². The normalized spacial score (nSPS) is 13.3. The maximum Gasteiger partial charge on any atom is 0.129 e. The Morgan fingerprint density at radius 1 is 1.25 bits per heavy atom. The van der Waals surface area contributed by atoms with E-state index >= 15 is 0 Å². The molecule has 1 unspecified atom stereocenters. The van der Waals surface area contributed by atoms with Crippen LogP contribution in [0.1, 0.15) is 45.1 Å². The standard InChI is InChI=1S/C13H23NO2/c1-4-11(5-2)10(3)14-8-12-6-7-13(9-15)16-12/h6-7,10-11,14-15H,4-5,8-9H2,1-3H3. The van der Waals surface area contributed by atoms with Crippen LogP contribution in [0, 0.1) is 5.92 Å². The van der Waals surface area contributed by atoms with Crippen molar-refractivity contribution in [2.75, 3.05) is 0 Å². The monoisotopic (exact) mass is 225 g/mol. The zero-order chi connectivity index (χ0) is 12.0. The van der Waals surface area contributed by atoms with E-state index in [0.717, 1.165) is 12.3 Å². The summed E-state index contributed by atoms with van der Waals surface area (Å²) in [6.45, 7) is 7.37. The first-order valence-corrected chi connectivity index (χ1v) is 6.13. The van der Waals surface area contributed by atoms with Crippen molar-refractivity contribution in [3.63, 3.8) is 0 Å². The van der Waals surface area contributed by atoms with E-state index in [9.17, 15) is 0 Å². The first-order valence-electron chi connectivity index (χ1n) is 6.13. The third kappa shape index (κ3) is 3.65. The summed E-state index contributed by atoms with van der Waals surface area (Å²) < 4.78 is 5.42. The molecule has 0 aliphatic heterocycles. The van der Waals surface area contributed by atoms with Crippen molar-refractivity contribution in [1.82, 2.24) is 5.32 Å². The smallest absolute Gasteiger partial charge is 0.129 e. The van der Waals surface area contributed by atoms with Crippen molar-refractivity contribution in [2.24, 2.45) is 5.92 Å². The molecule has 1 heterocycles. The summed E-state index contributed by atoms with van der Waals surface area (Å²) >= 11 is 0. The van der Waals surface area contributed by atoms with Gasteiger partial charge in [0.15, 0.2) is 0 Å². The number of aliphatic hydroxyl groups excluding tert-OH is 1. The Morgan fingerprint density at radius 3 is 2.38 bits per heavy atom. The maximum absolute atomic E-state index is 8.88. The molecule has 92 valence electrons. The summed E-state index contributed by atoms with van der Waals surface area (Å²) in [6.07, 6.45) is 2.40. The molecule has 0 radical (unpaired) electrons. The van der Waals surface area contributed by atoms with Gasteiger partial charge < -0.3 is 14.8 Å². The molecule has 1 rings (SSSR count). The summed E-state index contributed by atoms with van der Waals surface area (Å²) in [5.41, 5.74) is 0. The first-order chi connectivity index (χ1) is 7.71. The van der Waals surface area contributed by atoms with Gasteiger partial charge >= 0.3 is 0 Å². The van der Waals surface area contributed by atoms with Crippen LogP contribution >= 0.6 is 0 Å². The van der Waals surface area contributed by atoms with E-state index in [1.165, 1.54) is 12.8 Å². The van der Waals surface area contributed by atoms with E-state index in [1.807, 2.05) is 12.1 Å². The number of nitrogens with one attached hydrogen (secondary N) is 1. The molecule has 0 spiro atoms. The Hall–Kier alpha value is -0.800. The Balaban J connectivity index is 2.38. The predicted molar refractivity (Wildman–Crippen MR) is 65.0 cm³/mol. The Labute approximate surface area is 97.9 Å². The molecule has 1 aromatic heterocycles. The van der Waals surface area contributed by atoms with Crippen molar-refractivity contribution >= 4 is 0 Å². The second-order valence-electron chi connectivity index (χ2n) is 4.27. The molecule has 0 saturated carbocycles. The summed E-state index contributed by atoms with van der Waals surface area (Å²) in [5, 5.41) is 12.3. The van der Waals surface area contributed by atoms with E-state index in [4.69, 9.17) is 9.52 Å². The molecule has 3 nitrogen and oxygen atoms in total. The molecule has 0 amide bonds. The fraction of sp³-hybridized carbons (Fsp3) is 0.692. The topological polar surface area (TPSA) is 45.4 Å². The highest BCUT2D eigenvalue weighted by Crippen LogP contribution is 2.14. The number of furan rings is 1. The van der Waals surface area contributed by atoms with E-state index in [-0.39, 0.29) is 6.61 Å². The zero-order valence-electron chi connectivity index (χ0n) is 10.5. The van der Waals surface area contributed by atoms with E-state index in [1.54, 1.807) is 0 Å². The molecule has 0 aliphatic rings. The second-order valence-corrected chi connectivity index (χ2v) is 4.27. The van der Waals surface area contributed by atoms with Gasteiger partial charge in [-0.2, -0.15) is 0 Å². The molecule has 0 saturated heterocycles. The van der Waals surface area contributed by atoms with Gasteiger partial charge in [0.1, 0.15) is 18.1 Å². The van der Waals surface area contributed by atoms with E-state index in [0.29, 0.717) is 17.7 Å². The minimum atomic E-state index is -0.0257. The predicted octanol–water partition coefficient (Wildman–Crippen LogP) is 2.69. The molecule has 0 fully saturated rings. The molecule has 16 heavy (non-hydrogen) atoms. The highest BCUT2D eigenvalue weighted by molar-refractivity contribution is 5.06. The van der Waals surface area contributed by atoms with Gasteiger partial charge in [0.2, 0.25) is 0 Å². The van der Waals surface area contributed by atoms with Crippen molar-refractivity contribution in [3.05, 3.63) is 23.7 Å². The summed E-state index contributed by atoms with van der Waals surface area (Å²) in [7, 11) is 0. The molecule has 3 heteroatoms. The van der Waals surface area contributed by atoms with Crippen LogP contribution in [0.5, 0.6) is 0 Å². The Bertz CT molecular complexity index is 292. The summed E-state index contributed by atoms with van der Waals surface area (Å²) in [4.78, 5) is 0. The van der Waals surface area contributed by atoms with E-state index in [2.05, 4.69) is 26.1 Å². The number of hydrogen-bond donors (Lipinski definition) is 2. The van der Waals surface area contributed by atoms with Gasteiger partial charge in [0.25, 0.3) is 0 Å². The minimum absolute atomic E-state index is 0.0257. The van der Waals surface area contributed by atoms with Crippen LogP contribution < -0.4 is 5.32 Å². The minimum Gasteiger partial charge on any atom is -0.462 e. The van der Waals surface area contributed by atoms with Crippen molar-refractivity contribution in [2.45, 2.75) is 52.8 Å². The van der Waals surface area contributed by atoms with Crippen LogP contribution in [0.3, 0.4) is 0 Å². The fourth-order valence-electron chi connectivity index (χ4n) is 2.03. The van der Waals surface area contributed by atoms with Crippen LogP contribution in [-0.4, -0.2) is 11.1 Å². The zero-order valence-corrected chi connectivity index (χ0v) is 10.5. The highest BCUT2D eigenvalue weighted by atomic mass is 16.4. The van der Waals surface area contributed by atoms with Crippen LogP contribution in [0.25, 0.3) is 0 Å². The summed E-state index contributed by atoms with van der Waals surface area (Å²) in [5.74, 6) is 2.24. The van der Waals surface area contributed by atoms with Crippen LogP contribution in [0.15, 0.2) is 16.5 Å². The highest BCUT2D eigenvalue weighted by Gasteiger charge is 2.13. The molecule has 0 bridgehead atoms. The van der Waals surface area contributed by atoms with Crippen molar-refractivity contribution < 1.29 is 9.52 Å². The van der Waals surface area contributed by atoms with Crippen molar-refractivity contribution in [3.8, 4) is 0 Å². The second kappa shape index (κ2) is 6.71. The van der Waals surface area contributed by atoms with Gasteiger partial charge in [-0.25, -0.2) is 0 Å². The van der Waals surface area contributed by atoms with Gasteiger partial charge in [-0.05, 0) is 25.0 Å². The first kappa shape index (κ1) is 13.3.